The van der Waals surface area contributed by atoms with E-state index >= 15 is 0 Å². The van der Waals surface area contributed by atoms with Crippen molar-refractivity contribution in [1.29, 1.82) is 0 Å². The van der Waals surface area contributed by atoms with E-state index in [0.29, 0.717) is 43.3 Å². The molecule has 2 amide bonds. The predicted molar refractivity (Wildman–Crippen MR) is 111 cm³/mol. The van der Waals surface area contributed by atoms with Gasteiger partial charge in [-0.05, 0) is 43.2 Å². The monoisotopic (exact) mass is 393 g/mol. The molecule has 1 aliphatic heterocycles. The molecule has 2 heterocycles. The van der Waals surface area contributed by atoms with Gasteiger partial charge >= 0.3 is 0 Å². The molecule has 2 aromatic rings. The fourth-order valence-electron chi connectivity index (χ4n) is 4.03. The molecule has 7 nitrogen and oxygen atoms in total. The topological polar surface area (TPSA) is 78.4 Å². The van der Waals surface area contributed by atoms with Crippen molar-refractivity contribution < 1.29 is 9.59 Å². The highest BCUT2D eigenvalue weighted by molar-refractivity contribution is 5.98. The van der Waals surface area contributed by atoms with Crippen molar-refractivity contribution in [2.45, 2.75) is 38.1 Å². The minimum atomic E-state index is -0.0487. The summed E-state index contributed by atoms with van der Waals surface area (Å²) in [5.41, 5.74) is 1.22. The highest BCUT2D eigenvalue weighted by atomic mass is 16.2. The molecule has 0 unspecified atom stereocenters. The number of amides is 2. The van der Waals surface area contributed by atoms with Crippen LogP contribution in [0.5, 0.6) is 0 Å². The van der Waals surface area contributed by atoms with Crippen LogP contribution in [0.25, 0.3) is 0 Å². The van der Waals surface area contributed by atoms with Crippen LogP contribution in [0.4, 0.5) is 5.95 Å². The van der Waals surface area contributed by atoms with Crippen LogP contribution in [0.3, 0.4) is 0 Å². The van der Waals surface area contributed by atoms with Crippen molar-refractivity contribution in [1.82, 2.24) is 20.2 Å². The second-order valence-electron chi connectivity index (χ2n) is 7.71. The van der Waals surface area contributed by atoms with Crippen molar-refractivity contribution in [3.05, 3.63) is 53.9 Å². The first-order valence-corrected chi connectivity index (χ1v) is 10.4. The standard InChI is InChI=1S/C22H27N5O2/c28-20(25-19-5-2-1-3-6-19)17-7-9-18(10-8-17)21(29)26-13-15-27(16-14-26)22-23-11-4-12-24-22/h4,7-12,19H,1-3,5-6,13-16H2,(H,25,28). The van der Waals surface area contributed by atoms with Crippen LogP contribution >= 0.6 is 0 Å². The molecule has 7 heteroatoms. The molecule has 1 N–H and O–H groups in total. The van der Waals surface area contributed by atoms with Gasteiger partial charge in [0.15, 0.2) is 0 Å². The minimum absolute atomic E-state index is 0.00197. The molecule has 1 aromatic carbocycles. The number of nitrogens with one attached hydrogen (secondary N) is 1. The van der Waals surface area contributed by atoms with Gasteiger partial charge in [0, 0.05) is 55.7 Å². The molecule has 1 aliphatic carbocycles. The molecule has 0 atom stereocenters. The highest BCUT2D eigenvalue weighted by Gasteiger charge is 2.23. The SMILES string of the molecule is O=C(NC1CCCCC1)c1ccc(C(=O)N2CCN(c3ncccn3)CC2)cc1. The van der Waals surface area contributed by atoms with E-state index in [0.717, 1.165) is 12.8 Å². The Labute approximate surface area is 171 Å². The van der Waals surface area contributed by atoms with Crippen LogP contribution < -0.4 is 10.2 Å². The smallest absolute Gasteiger partial charge is 0.253 e. The number of benzene rings is 1. The molecule has 2 fully saturated rings. The summed E-state index contributed by atoms with van der Waals surface area (Å²) in [4.78, 5) is 37.7. The maximum absolute atomic E-state index is 12.8. The van der Waals surface area contributed by atoms with E-state index in [1.165, 1.54) is 19.3 Å². The fraction of sp³-hybridized carbons (Fsp3) is 0.455. The van der Waals surface area contributed by atoms with Crippen LogP contribution in [0.15, 0.2) is 42.7 Å². The summed E-state index contributed by atoms with van der Waals surface area (Å²) in [5.74, 6) is 0.651. The molecule has 29 heavy (non-hydrogen) atoms. The first-order chi connectivity index (χ1) is 14.2. The van der Waals surface area contributed by atoms with Gasteiger partial charge < -0.3 is 15.1 Å². The summed E-state index contributed by atoms with van der Waals surface area (Å²) < 4.78 is 0. The first-order valence-electron chi connectivity index (χ1n) is 10.4. The van der Waals surface area contributed by atoms with E-state index in [1.54, 1.807) is 42.7 Å². The number of carbonyl (C=O) groups is 2. The van der Waals surface area contributed by atoms with Crippen molar-refractivity contribution >= 4 is 17.8 Å². The zero-order valence-corrected chi connectivity index (χ0v) is 16.6. The number of carbonyl (C=O) groups excluding carboxylic acids is 2. The summed E-state index contributed by atoms with van der Waals surface area (Å²) in [7, 11) is 0. The molecule has 1 saturated carbocycles. The van der Waals surface area contributed by atoms with E-state index < -0.39 is 0 Å². The van der Waals surface area contributed by atoms with E-state index in [-0.39, 0.29) is 17.9 Å². The van der Waals surface area contributed by atoms with Crippen LogP contribution in [0.2, 0.25) is 0 Å². The lowest BCUT2D eigenvalue weighted by Gasteiger charge is -2.34. The quantitative estimate of drug-likeness (QED) is 0.864. The predicted octanol–water partition coefficient (Wildman–Crippen LogP) is 2.50. The second-order valence-corrected chi connectivity index (χ2v) is 7.71. The second kappa shape index (κ2) is 9.03. The molecular formula is C22H27N5O2. The lowest BCUT2D eigenvalue weighted by Crippen LogP contribution is -2.49. The number of rotatable bonds is 4. The van der Waals surface area contributed by atoms with Gasteiger partial charge in [-0.3, -0.25) is 9.59 Å². The molecule has 4 rings (SSSR count). The van der Waals surface area contributed by atoms with Gasteiger partial charge in [-0.15, -0.1) is 0 Å². The zero-order chi connectivity index (χ0) is 20.1. The number of piperazine rings is 1. The fourth-order valence-corrected chi connectivity index (χ4v) is 4.03. The Balaban J connectivity index is 1.32. The van der Waals surface area contributed by atoms with Crippen molar-refractivity contribution in [2.24, 2.45) is 0 Å². The number of nitrogens with zero attached hydrogens (tertiary/aromatic N) is 4. The Bertz CT molecular complexity index is 826. The number of hydrogen-bond donors (Lipinski definition) is 1. The van der Waals surface area contributed by atoms with Gasteiger partial charge in [-0.2, -0.15) is 0 Å². The summed E-state index contributed by atoms with van der Waals surface area (Å²) in [6.45, 7) is 2.66. The third kappa shape index (κ3) is 4.72. The largest absolute Gasteiger partial charge is 0.349 e. The Kier molecular flexibility index (Phi) is 6.03. The van der Waals surface area contributed by atoms with Crippen molar-refractivity contribution in [2.75, 3.05) is 31.1 Å². The molecule has 0 spiro atoms. The minimum Gasteiger partial charge on any atom is -0.349 e. The van der Waals surface area contributed by atoms with Gasteiger partial charge in [-0.1, -0.05) is 19.3 Å². The maximum atomic E-state index is 12.8. The van der Waals surface area contributed by atoms with Crippen LogP contribution in [0, 0.1) is 0 Å². The molecular weight excluding hydrogens is 366 g/mol. The Morgan fingerprint density at radius 3 is 2.14 bits per heavy atom. The summed E-state index contributed by atoms with van der Waals surface area (Å²) in [6.07, 6.45) is 9.20. The van der Waals surface area contributed by atoms with Crippen LogP contribution in [-0.2, 0) is 0 Å². The molecule has 0 radical (unpaired) electrons. The van der Waals surface area contributed by atoms with E-state index in [4.69, 9.17) is 0 Å². The summed E-state index contributed by atoms with van der Waals surface area (Å²) >= 11 is 0. The average Bonchev–Trinajstić information content (AvgIpc) is 2.80. The molecule has 0 bridgehead atoms. The molecule has 1 saturated heterocycles. The lowest BCUT2D eigenvalue weighted by atomic mass is 9.95. The third-order valence-corrected chi connectivity index (χ3v) is 5.74. The molecule has 1 aromatic heterocycles. The third-order valence-electron chi connectivity index (χ3n) is 5.74. The van der Waals surface area contributed by atoms with Crippen molar-refractivity contribution in [3.8, 4) is 0 Å². The molecule has 152 valence electrons. The van der Waals surface area contributed by atoms with Gasteiger partial charge in [0.25, 0.3) is 11.8 Å². The van der Waals surface area contributed by atoms with Gasteiger partial charge in [0.1, 0.15) is 0 Å². The molecule has 2 aliphatic rings. The lowest BCUT2D eigenvalue weighted by molar-refractivity contribution is 0.0745. The van der Waals surface area contributed by atoms with E-state index in [2.05, 4.69) is 20.2 Å². The average molecular weight is 393 g/mol. The number of aromatic nitrogens is 2. The van der Waals surface area contributed by atoms with Gasteiger partial charge in [0.2, 0.25) is 5.95 Å². The van der Waals surface area contributed by atoms with Crippen LogP contribution in [-0.4, -0.2) is 58.9 Å². The van der Waals surface area contributed by atoms with Crippen LogP contribution in [0.1, 0.15) is 52.8 Å². The van der Waals surface area contributed by atoms with Gasteiger partial charge in [-0.25, -0.2) is 9.97 Å². The highest BCUT2D eigenvalue weighted by Crippen LogP contribution is 2.18. The Morgan fingerprint density at radius 1 is 0.862 bits per heavy atom. The van der Waals surface area contributed by atoms with Crippen molar-refractivity contribution in [3.63, 3.8) is 0 Å². The number of hydrogen-bond acceptors (Lipinski definition) is 5. The summed E-state index contributed by atoms with van der Waals surface area (Å²) in [6, 6.07) is 9.08. The Hall–Kier alpha value is -2.96. The van der Waals surface area contributed by atoms with Gasteiger partial charge in [0.05, 0.1) is 0 Å². The summed E-state index contributed by atoms with van der Waals surface area (Å²) in [5, 5.41) is 3.12. The van der Waals surface area contributed by atoms with E-state index in [9.17, 15) is 9.59 Å². The Morgan fingerprint density at radius 2 is 1.48 bits per heavy atom. The first kappa shape index (κ1) is 19.4. The maximum Gasteiger partial charge on any atom is 0.253 e. The zero-order valence-electron chi connectivity index (χ0n) is 16.6. The van der Waals surface area contributed by atoms with E-state index in [1.807, 2.05) is 4.90 Å². The normalized spacial score (nSPS) is 17.8. The number of anilines is 1.